The van der Waals surface area contributed by atoms with Crippen molar-refractivity contribution < 1.29 is 27.5 Å². The molecule has 5 rings (SSSR count). The summed E-state index contributed by atoms with van der Waals surface area (Å²) in [7, 11) is 1.88. The molecule has 2 aliphatic rings. The van der Waals surface area contributed by atoms with Gasteiger partial charge < -0.3 is 14.4 Å². The maximum absolute atomic E-state index is 14.0. The van der Waals surface area contributed by atoms with E-state index in [1.54, 1.807) is 6.07 Å². The summed E-state index contributed by atoms with van der Waals surface area (Å²) in [5.41, 5.74) is 2.59. The summed E-state index contributed by atoms with van der Waals surface area (Å²) in [6.07, 6.45) is -0.622. The van der Waals surface area contributed by atoms with Crippen molar-refractivity contribution in [3.05, 3.63) is 40.6 Å². The number of rotatable bonds is 6. The molecule has 1 saturated heterocycles. The van der Waals surface area contributed by atoms with Gasteiger partial charge in [0.25, 0.3) is 5.89 Å². The second-order valence-electron chi connectivity index (χ2n) is 11.2. The first-order chi connectivity index (χ1) is 17.9. The molecule has 0 atom stereocenters. The lowest BCUT2D eigenvalue weighted by atomic mass is 9.76. The number of aromatic nitrogens is 4. The lowest BCUT2D eigenvalue weighted by Crippen LogP contribution is -2.37. The summed E-state index contributed by atoms with van der Waals surface area (Å²) in [5.74, 6) is -0.961. The molecular formula is C27H32F3N5O3. The maximum Gasteiger partial charge on any atom is 0.416 e. The van der Waals surface area contributed by atoms with Gasteiger partial charge in [0, 0.05) is 30.4 Å². The highest BCUT2D eigenvalue weighted by molar-refractivity contribution is 5.70. The number of nitrogens with zero attached hydrogens (tertiary/aromatic N) is 5. The molecule has 0 radical (unpaired) electrons. The Morgan fingerprint density at radius 2 is 1.89 bits per heavy atom. The molecule has 3 aromatic rings. The highest BCUT2D eigenvalue weighted by atomic mass is 19.4. The highest BCUT2D eigenvalue weighted by Gasteiger charge is 2.35. The predicted molar refractivity (Wildman–Crippen MR) is 133 cm³/mol. The van der Waals surface area contributed by atoms with Gasteiger partial charge in [0.2, 0.25) is 5.89 Å². The number of carboxylic acids is 1. The monoisotopic (exact) mass is 531 g/mol. The van der Waals surface area contributed by atoms with Gasteiger partial charge in [-0.2, -0.15) is 18.3 Å². The van der Waals surface area contributed by atoms with Crippen molar-refractivity contribution in [2.24, 2.45) is 18.4 Å². The fourth-order valence-corrected chi connectivity index (χ4v) is 5.57. The third kappa shape index (κ3) is 5.34. The molecule has 1 aromatic carbocycles. The number of likely N-dealkylation sites (tertiary alicyclic amines) is 1. The third-order valence-electron chi connectivity index (χ3n) is 7.90. The van der Waals surface area contributed by atoms with Crippen LogP contribution >= 0.6 is 0 Å². The van der Waals surface area contributed by atoms with Gasteiger partial charge >= 0.3 is 12.1 Å². The van der Waals surface area contributed by atoms with Crippen molar-refractivity contribution in [3.63, 3.8) is 0 Å². The zero-order valence-corrected chi connectivity index (χ0v) is 21.8. The Hall–Kier alpha value is -3.21. The van der Waals surface area contributed by atoms with Crippen LogP contribution in [0.25, 0.3) is 23.0 Å². The second-order valence-corrected chi connectivity index (χ2v) is 11.2. The first kappa shape index (κ1) is 26.4. The number of aliphatic carboxylic acids is 1. The minimum atomic E-state index is -4.54. The molecule has 2 aromatic heterocycles. The van der Waals surface area contributed by atoms with Crippen LogP contribution < -0.4 is 0 Å². The number of fused-ring (bicyclic) bond motifs is 1. The molecule has 0 bridgehead atoms. The number of hydrogen-bond donors (Lipinski definition) is 1. The summed E-state index contributed by atoms with van der Waals surface area (Å²) < 4.78 is 49.7. The van der Waals surface area contributed by atoms with E-state index >= 15 is 0 Å². The number of hydrogen-bond acceptors (Lipinski definition) is 6. The Bertz CT molecular complexity index is 1340. The standard InChI is InChI=1S/C27H32F3N5O3/c1-26(2)10-6-19-21(15-26)34(3)33-22(19)24-32-31-23(38-24)18-5-4-16(20(14-18)27(28,29)30)7-11-35-12-8-17(9-13-35)25(36)37/h4-5,14,17H,6-13,15H2,1-3H3,(H,36,37). The molecule has 0 saturated carbocycles. The minimum absolute atomic E-state index is 0.0170. The molecule has 3 heterocycles. The van der Waals surface area contributed by atoms with Crippen molar-refractivity contribution in [2.45, 2.75) is 58.5 Å². The third-order valence-corrected chi connectivity index (χ3v) is 7.90. The van der Waals surface area contributed by atoms with Gasteiger partial charge in [-0.05, 0) is 74.7 Å². The van der Waals surface area contributed by atoms with Gasteiger partial charge in [0.15, 0.2) is 5.69 Å². The van der Waals surface area contributed by atoms with E-state index < -0.39 is 17.7 Å². The Balaban J connectivity index is 1.35. The lowest BCUT2D eigenvalue weighted by molar-refractivity contribution is -0.143. The first-order valence-corrected chi connectivity index (χ1v) is 13.0. The number of halogens is 3. The summed E-state index contributed by atoms with van der Waals surface area (Å²) in [6, 6.07) is 4.12. The Morgan fingerprint density at radius 3 is 2.58 bits per heavy atom. The van der Waals surface area contributed by atoms with E-state index in [0.29, 0.717) is 38.2 Å². The Kier molecular flexibility index (Phi) is 6.83. The quantitative estimate of drug-likeness (QED) is 0.478. The highest BCUT2D eigenvalue weighted by Crippen LogP contribution is 2.39. The largest absolute Gasteiger partial charge is 0.481 e. The van der Waals surface area contributed by atoms with E-state index in [1.165, 1.54) is 6.07 Å². The summed E-state index contributed by atoms with van der Waals surface area (Å²) in [5, 5.41) is 21.9. The van der Waals surface area contributed by atoms with Crippen LogP contribution in [-0.4, -0.2) is 55.6 Å². The molecule has 1 aliphatic carbocycles. The number of piperidine rings is 1. The number of benzene rings is 1. The fraction of sp³-hybridized carbons (Fsp3) is 0.556. The molecule has 1 N–H and O–H groups in total. The number of alkyl halides is 3. The Labute approximate surface area is 218 Å². The Morgan fingerprint density at radius 1 is 1.18 bits per heavy atom. The zero-order chi connectivity index (χ0) is 27.2. The predicted octanol–water partition coefficient (Wildman–Crippen LogP) is 5.01. The lowest BCUT2D eigenvalue weighted by Gasteiger charge is -2.30. The second kappa shape index (κ2) is 9.83. The average molecular weight is 532 g/mol. The van der Waals surface area contributed by atoms with Crippen molar-refractivity contribution in [2.75, 3.05) is 19.6 Å². The van der Waals surface area contributed by atoms with E-state index in [4.69, 9.17) is 9.52 Å². The summed E-state index contributed by atoms with van der Waals surface area (Å²) in [4.78, 5) is 13.2. The molecule has 204 valence electrons. The van der Waals surface area contributed by atoms with Crippen molar-refractivity contribution >= 4 is 5.97 Å². The smallest absolute Gasteiger partial charge is 0.416 e. The van der Waals surface area contributed by atoms with Crippen molar-refractivity contribution in [1.82, 2.24) is 24.9 Å². The van der Waals surface area contributed by atoms with Crippen molar-refractivity contribution in [3.8, 4) is 23.0 Å². The molecule has 0 unspecified atom stereocenters. The minimum Gasteiger partial charge on any atom is -0.481 e. The molecule has 0 spiro atoms. The number of carboxylic acid groups (broad SMARTS) is 1. The molecule has 8 nitrogen and oxygen atoms in total. The van der Waals surface area contributed by atoms with Crippen molar-refractivity contribution in [1.29, 1.82) is 0 Å². The van der Waals surface area contributed by atoms with Gasteiger partial charge in [-0.1, -0.05) is 19.9 Å². The van der Waals surface area contributed by atoms with Crippen LogP contribution in [0.2, 0.25) is 0 Å². The number of aryl methyl sites for hydroxylation is 1. The van der Waals surface area contributed by atoms with Crippen LogP contribution in [-0.2, 0) is 37.3 Å². The van der Waals surface area contributed by atoms with Gasteiger partial charge in [0.1, 0.15) is 0 Å². The van der Waals surface area contributed by atoms with E-state index in [2.05, 4.69) is 29.1 Å². The van der Waals surface area contributed by atoms with Gasteiger partial charge in [-0.15, -0.1) is 10.2 Å². The topological polar surface area (TPSA) is 97.3 Å². The van der Waals surface area contributed by atoms with E-state index in [0.717, 1.165) is 36.6 Å². The normalized spacial score (nSPS) is 18.5. The van der Waals surface area contributed by atoms with E-state index in [-0.39, 0.29) is 40.7 Å². The van der Waals surface area contributed by atoms with E-state index in [1.807, 2.05) is 16.6 Å². The number of carbonyl (C=O) groups is 1. The van der Waals surface area contributed by atoms with Crippen LogP contribution in [0.5, 0.6) is 0 Å². The van der Waals surface area contributed by atoms with Crippen LogP contribution in [0, 0.1) is 11.3 Å². The van der Waals surface area contributed by atoms with Gasteiger partial charge in [-0.3, -0.25) is 9.48 Å². The molecule has 1 fully saturated rings. The molecule has 1 aliphatic heterocycles. The summed E-state index contributed by atoms with van der Waals surface area (Å²) >= 11 is 0. The van der Waals surface area contributed by atoms with Gasteiger partial charge in [-0.25, -0.2) is 0 Å². The van der Waals surface area contributed by atoms with Gasteiger partial charge in [0.05, 0.1) is 11.5 Å². The van der Waals surface area contributed by atoms with Crippen LogP contribution in [0.3, 0.4) is 0 Å². The zero-order valence-electron chi connectivity index (χ0n) is 21.8. The summed E-state index contributed by atoms with van der Waals surface area (Å²) in [6.45, 7) is 6.00. The molecule has 11 heteroatoms. The molecular weight excluding hydrogens is 499 g/mol. The molecule has 38 heavy (non-hydrogen) atoms. The van der Waals surface area contributed by atoms with Crippen LogP contribution in [0.1, 0.15) is 55.5 Å². The molecule has 0 amide bonds. The van der Waals surface area contributed by atoms with Crippen LogP contribution in [0.15, 0.2) is 22.6 Å². The SMILES string of the molecule is Cn1nc(-c2nnc(-c3ccc(CCN4CCC(C(=O)O)CC4)c(C(F)(F)F)c3)o2)c2c1CC(C)(C)CC2. The average Bonchev–Trinajstić information content (AvgIpc) is 3.46. The first-order valence-electron chi connectivity index (χ1n) is 13.0. The van der Waals surface area contributed by atoms with Crippen LogP contribution in [0.4, 0.5) is 13.2 Å². The fourth-order valence-electron chi connectivity index (χ4n) is 5.57. The van der Waals surface area contributed by atoms with E-state index in [9.17, 15) is 18.0 Å². The maximum atomic E-state index is 14.0.